The number of rotatable bonds is 8. The summed E-state index contributed by atoms with van der Waals surface area (Å²) in [5.41, 5.74) is 2.30. The number of para-hydroxylation sites is 3. The average molecular weight is 583 g/mol. The number of ether oxygens (including phenoxy) is 2. The van der Waals surface area contributed by atoms with Crippen molar-refractivity contribution in [2.24, 2.45) is 5.92 Å². The van der Waals surface area contributed by atoms with Gasteiger partial charge in [0, 0.05) is 11.9 Å². The van der Waals surface area contributed by atoms with Crippen LogP contribution in [0.1, 0.15) is 43.4 Å². The molecule has 0 radical (unpaired) electrons. The van der Waals surface area contributed by atoms with Gasteiger partial charge in [0.1, 0.15) is 29.6 Å². The van der Waals surface area contributed by atoms with Gasteiger partial charge >= 0.3 is 0 Å². The van der Waals surface area contributed by atoms with Crippen LogP contribution < -0.4 is 14.8 Å². The van der Waals surface area contributed by atoms with E-state index in [1.165, 1.54) is 7.11 Å². The topological polar surface area (TPSA) is 84.9 Å². The summed E-state index contributed by atoms with van der Waals surface area (Å²) < 4.78 is 11.5. The summed E-state index contributed by atoms with van der Waals surface area (Å²) in [7, 11) is 1.51. The van der Waals surface area contributed by atoms with Gasteiger partial charge < -0.3 is 19.7 Å². The van der Waals surface area contributed by atoms with Crippen LogP contribution in [0.25, 0.3) is 6.08 Å². The molecule has 4 aromatic carbocycles. The number of anilines is 1. The maximum absolute atomic E-state index is 15.2. The fourth-order valence-electron chi connectivity index (χ4n) is 7.29. The van der Waals surface area contributed by atoms with Crippen molar-refractivity contribution in [3.05, 3.63) is 144 Å². The van der Waals surface area contributed by atoms with Crippen molar-refractivity contribution in [1.82, 2.24) is 4.90 Å². The summed E-state index contributed by atoms with van der Waals surface area (Å²) in [4.78, 5) is 46.6. The lowest BCUT2D eigenvalue weighted by molar-refractivity contribution is -0.122. The normalized spacial score (nSPS) is 22.5. The molecule has 1 saturated heterocycles. The van der Waals surface area contributed by atoms with E-state index in [2.05, 4.69) is 11.9 Å². The molecule has 3 heterocycles. The molecule has 3 aliphatic rings. The Kier molecular flexibility index (Phi) is 6.66. The van der Waals surface area contributed by atoms with Crippen molar-refractivity contribution in [2.75, 3.05) is 19.0 Å². The molecule has 0 bridgehead atoms. The lowest BCUT2D eigenvalue weighted by Crippen LogP contribution is -2.49. The van der Waals surface area contributed by atoms with Crippen molar-refractivity contribution >= 4 is 29.2 Å². The highest BCUT2D eigenvalue weighted by atomic mass is 16.5. The van der Waals surface area contributed by atoms with Gasteiger partial charge in [-0.25, -0.2) is 0 Å². The molecule has 218 valence electrons. The van der Waals surface area contributed by atoms with E-state index >= 15 is 4.79 Å². The van der Waals surface area contributed by atoms with Crippen LogP contribution in [0.2, 0.25) is 0 Å². The Balaban J connectivity index is 1.54. The third kappa shape index (κ3) is 3.85. The van der Waals surface area contributed by atoms with Crippen LogP contribution in [0, 0.1) is 5.92 Å². The van der Waals surface area contributed by atoms with Crippen LogP contribution in [0.15, 0.2) is 116 Å². The number of carbonyl (C=O) groups is 3. The first-order chi connectivity index (χ1) is 21.5. The number of methoxy groups -OCH3 is 1. The van der Waals surface area contributed by atoms with Gasteiger partial charge in [0.15, 0.2) is 11.6 Å². The Hall–Kier alpha value is -5.43. The number of ketones is 2. The summed E-state index contributed by atoms with van der Waals surface area (Å²) in [5.74, 6) is -1.36. The van der Waals surface area contributed by atoms with Crippen LogP contribution in [0.3, 0.4) is 0 Å². The number of nitrogens with one attached hydrogen (secondary N) is 1. The maximum atomic E-state index is 15.2. The first-order valence-corrected chi connectivity index (χ1v) is 14.5. The van der Waals surface area contributed by atoms with Gasteiger partial charge in [-0.05, 0) is 53.1 Å². The van der Waals surface area contributed by atoms with Gasteiger partial charge in [0.05, 0.1) is 30.2 Å². The largest absolute Gasteiger partial charge is 0.496 e. The number of nitrogens with zero attached hydrogens (tertiary/aromatic N) is 1. The molecule has 1 spiro atoms. The zero-order valence-corrected chi connectivity index (χ0v) is 24.1. The summed E-state index contributed by atoms with van der Waals surface area (Å²) in [5, 5.41) is 3.08. The van der Waals surface area contributed by atoms with Crippen LogP contribution in [-0.2, 0) is 10.2 Å². The second-order valence-electron chi connectivity index (χ2n) is 11.1. The van der Waals surface area contributed by atoms with Crippen LogP contribution in [0.5, 0.6) is 11.5 Å². The van der Waals surface area contributed by atoms with Crippen LogP contribution >= 0.6 is 0 Å². The molecule has 0 aromatic heterocycles. The van der Waals surface area contributed by atoms with Gasteiger partial charge in [-0.2, -0.15) is 0 Å². The first-order valence-electron chi connectivity index (χ1n) is 14.5. The van der Waals surface area contributed by atoms with Crippen molar-refractivity contribution in [2.45, 2.75) is 17.5 Å². The predicted octanol–water partition coefficient (Wildman–Crippen LogP) is 6.24. The summed E-state index contributed by atoms with van der Waals surface area (Å²) >= 11 is 0. The van der Waals surface area contributed by atoms with Gasteiger partial charge in [-0.15, -0.1) is 0 Å². The van der Waals surface area contributed by atoms with Crippen molar-refractivity contribution in [1.29, 1.82) is 0 Å². The molecule has 7 nitrogen and oxygen atoms in total. The molecular formula is C37H30N2O5. The Labute approximate surface area is 255 Å². The van der Waals surface area contributed by atoms with Crippen LogP contribution in [-0.4, -0.2) is 42.1 Å². The van der Waals surface area contributed by atoms with Gasteiger partial charge in [-0.1, -0.05) is 79.4 Å². The Morgan fingerprint density at radius 2 is 1.55 bits per heavy atom. The molecular weight excluding hydrogens is 552 g/mol. The molecule has 0 unspecified atom stereocenters. The highest BCUT2D eigenvalue weighted by Gasteiger charge is 2.71. The quantitative estimate of drug-likeness (QED) is 0.196. The number of benzene rings is 4. The molecule has 1 N–H and O–H groups in total. The molecule has 44 heavy (non-hydrogen) atoms. The standard InChI is InChI=1S/C37H30N2O5/c1-3-22-44-30-19-11-7-15-26(30)33(40)31-32(34(41)25-14-6-10-18-29(25)43-2)39-21-20-23-12-4-5-13-24(23)35(39)37(31)27-16-8-9-17-28(27)38-36(37)42/h3-21,31-32,35H,1,22H2,2H3,(H,38,42)/t31-,32-,35-,37+/m1/s1. The van der Waals surface area contributed by atoms with Gasteiger partial charge in [0.2, 0.25) is 5.91 Å². The fraction of sp³-hybridized carbons (Fsp3) is 0.162. The molecule has 0 saturated carbocycles. The summed E-state index contributed by atoms with van der Waals surface area (Å²) in [6.45, 7) is 3.93. The van der Waals surface area contributed by atoms with Crippen LogP contribution in [0.4, 0.5) is 5.69 Å². The zero-order chi connectivity index (χ0) is 30.4. The second-order valence-corrected chi connectivity index (χ2v) is 11.1. The minimum absolute atomic E-state index is 0.192. The minimum atomic E-state index is -1.44. The SMILES string of the molecule is C=CCOc1ccccc1C(=O)[C@H]1[C@H](C(=O)c2ccccc2OC)N2C=Cc3ccccc3[C@@H]2[C@@]12C(=O)Nc1ccccc12. The number of Topliss-reactive ketones (excluding diaryl/α,β-unsaturated/α-hetero) is 2. The van der Waals surface area contributed by atoms with Gasteiger partial charge in [-0.3, -0.25) is 14.4 Å². The number of fused-ring (bicyclic) bond motifs is 6. The second kappa shape index (κ2) is 10.7. The molecule has 7 rings (SSSR count). The van der Waals surface area contributed by atoms with E-state index in [-0.39, 0.29) is 24.1 Å². The highest BCUT2D eigenvalue weighted by Crippen LogP contribution is 2.62. The van der Waals surface area contributed by atoms with Crippen molar-refractivity contribution in [3.8, 4) is 11.5 Å². The summed E-state index contributed by atoms with van der Waals surface area (Å²) in [6, 6.07) is 27.6. The third-order valence-corrected chi connectivity index (χ3v) is 9.00. The minimum Gasteiger partial charge on any atom is -0.496 e. The Morgan fingerprint density at radius 3 is 2.32 bits per heavy atom. The fourth-order valence-corrected chi connectivity index (χ4v) is 7.29. The number of hydrogen-bond donors (Lipinski definition) is 1. The maximum Gasteiger partial charge on any atom is 0.238 e. The van der Waals surface area contributed by atoms with E-state index in [1.807, 2.05) is 65.7 Å². The molecule has 1 amide bonds. The molecule has 3 aliphatic heterocycles. The molecule has 4 aromatic rings. The third-order valence-electron chi connectivity index (χ3n) is 9.00. The Bertz CT molecular complexity index is 1860. The van der Waals surface area contributed by atoms with E-state index in [0.717, 1.165) is 11.1 Å². The lowest BCUT2D eigenvalue weighted by Gasteiger charge is -2.38. The predicted molar refractivity (Wildman–Crippen MR) is 168 cm³/mol. The van der Waals surface area contributed by atoms with Crippen molar-refractivity contribution in [3.63, 3.8) is 0 Å². The lowest BCUT2D eigenvalue weighted by atomic mass is 9.62. The summed E-state index contributed by atoms with van der Waals surface area (Å²) in [6.07, 6.45) is 5.40. The van der Waals surface area contributed by atoms with E-state index in [4.69, 9.17) is 9.47 Å². The van der Waals surface area contributed by atoms with E-state index in [9.17, 15) is 9.59 Å². The smallest absolute Gasteiger partial charge is 0.238 e. The van der Waals surface area contributed by atoms with E-state index < -0.39 is 23.4 Å². The van der Waals surface area contributed by atoms with Gasteiger partial charge in [0.25, 0.3) is 0 Å². The first kappa shape index (κ1) is 27.4. The molecule has 7 heteroatoms. The molecule has 1 fully saturated rings. The average Bonchev–Trinajstić information content (AvgIpc) is 3.55. The molecule has 4 atom stereocenters. The number of amides is 1. The molecule has 0 aliphatic carbocycles. The zero-order valence-electron chi connectivity index (χ0n) is 24.1. The van der Waals surface area contributed by atoms with Crippen molar-refractivity contribution < 1.29 is 23.9 Å². The number of hydrogen-bond acceptors (Lipinski definition) is 6. The Morgan fingerprint density at radius 1 is 0.886 bits per heavy atom. The number of carbonyl (C=O) groups excluding carboxylic acids is 3. The highest BCUT2D eigenvalue weighted by molar-refractivity contribution is 6.17. The van der Waals surface area contributed by atoms with E-state index in [1.54, 1.807) is 54.6 Å². The van der Waals surface area contributed by atoms with E-state index in [0.29, 0.717) is 33.9 Å². The monoisotopic (exact) mass is 582 g/mol.